The first-order valence-electron chi connectivity index (χ1n) is 7.94. The van der Waals surface area contributed by atoms with Gasteiger partial charge in [0.2, 0.25) is 0 Å². The summed E-state index contributed by atoms with van der Waals surface area (Å²) >= 11 is 0. The van der Waals surface area contributed by atoms with Gasteiger partial charge in [-0.1, -0.05) is 12.1 Å². The number of amides is 2. The zero-order chi connectivity index (χ0) is 18.0. The fourth-order valence-corrected chi connectivity index (χ4v) is 2.15. The summed E-state index contributed by atoms with van der Waals surface area (Å²) < 4.78 is 11.9. The molecule has 1 aromatic carbocycles. The van der Waals surface area contributed by atoms with E-state index in [1.807, 2.05) is 39.8 Å². The first kappa shape index (κ1) is 18.7. The second-order valence-electron chi connectivity index (χ2n) is 6.88. The van der Waals surface area contributed by atoms with Crippen molar-refractivity contribution in [2.24, 2.45) is 0 Å². The number of carbonyl (C=O) groups excluding carboxylic acids is 1. The van der Waals surface area contributed by atoms with Gasteiger partial charge in [0, 0.05) is 12.2 Å². The van der Waals surface area contributed by atoms with Crippen LogP contribution in [0.4, 0.5) is 10.5 Å². The summed E-state index contributed by atoms with van der Waals surface area (Å²) in [5.41, 5.74) is 0.672. The fourth-order valence-electron chi connectivity index (χ4n) is 2.15. The predicted molar refractivity (Wildman–Crippen MR) is 92.3 cm³/mol. The molecule has 7 nitrogen and oxygen atoms in total. The van der Waals surface area contributed by atoms with E-state index < -0.39 is 37.1 Å². The second kappa shape index (κ2) is 7.10. The molecule has 0 radical (unpaired) electrons. The van der Waals surface area contributed by atoms with E-state index >= 15 is 0 Å². The van der Waals surface area contributed by atoms with E-state index in [4.69, 9.17) is 14.4 Å². The summed E-state index contributed by atoms with van der Waals surface area (Å²) in [7, 11) is -0.447. The normalized spacial score (nSPS) is 19.8. The molecule has 1 saturated heterocycles. The van der Waals surface area contributed by atoms with Gasteiger partial charge in [-0.2, -0.15) is 0 Å². The summed E-state index contributed by atoms with van der Waals surface area (Å²) in [4.78, 5) is 11.7. The molecule has 1 heterocycles. The average Bonchev–Trinajstić information content (AvgIpc) is 2.73. The molecule has 8 heteroatoms. The Balaban J connectivity index is 1.93. The van der Waals surface area contributed by atoms with E-state index in [0.717, 1.165) is 5.46 Å². The van der Waals surface area contributed by atoms with E-state index in [9.17, 15) is 9.90 Å². The molecule has 132 valence electrons. The van der Waals surface area contributed by atoms with Gasteiger partial charge < -0.3 is 30.2 Å². The van der Waals surface area contributed by atoms with Crippen molar-refractivity contribution in [1.82, 2.24) is 5.32 Å². The van der Waals surface area contributed by atoms with Crippen molar-refractivity contribution in [1.29, 1.82) is 0 Å². The number of nitrogens with one attached hydrogen (secondary N) is 2. The topological polar surface area (TPSA) is 100 Å². The van der Waals surface area contributed by atoms with Gasteiger partial charge in [-0.3, -0.25) is 0 Å². The molecule has 0 aromatic heterocycles. The van der Waals surface area contributed by atoms with Crippen LogP contribution in [0.2, 0.25) is 0 Å². The highest BCUT2D eigenvalue weighted by molar-refractivity contribution is 6.62. The third kappa shape index (κ3) is 4.27. The lowest BCUT2D eigenvalue weighted by Gasteiger charge is -2.32. The van der Waals surface area contributed by atoms with Crippen molar-refractivity contribution in [2.45, 2.75) is 45.0 Å². The fraction of sp³-hybridized carbons (Fsp3) is 0.562. The number of benzene rings is 1. The lowest BCUT2D eigenvalue weighted by atomic mass is 9.79. The Kier molecular flexibility index (Phi) is 5.54. The monoisotopic (exact) mass is 336 g/mol. The van der Waals surface area contributed by atoms with Crippen LogP contribution in [0.3, 0.4) is 0 Å². The number of rotatable bonds is 5. The standard InChI is InChI=1S/C16H25BN2O5/c1-15(2)16(3,4)24-17(23-15)11-5-7-12(8-6-11)19-14(22)18-9-13(21)10-20/h5-8,13,20-21H,9-10H2,1-4H3,(H2,18,19,22). The number of hydrogen-bond donors (Lipinski definition) is 4. The van der Waals surface area contributed by atoms with Gasteiger partial charge in [0.05, 0.1) is 23.9 Å². The molecule has 2 amide bonds. The summed E-state index contributed by atoms with van der Waals surface area (Å²) in [6, 6.07) is 6.72. The molecule has 4 N–H and O–H groups in total. The zero-order valence-electron chi connectivity index (χ0n) is 14.5. The van der Waals surface area contributed by atoms with Crippen LogP contribution in [0.15, 0.2) is 24.3 Å². The molecule has 0 spiro atoms. The minimum atomic E-state index is -0.971. The Labute approximate surface area is 142 Å². The van der Waals surface area contributed by atoms with E-state index in [2.05, 4.69) is 10.6 Å². The molecule has 1 aliphatic rings. The summed E-state index contributed by atoms with van der Waals surface area (Å²) in [6.07, 6.45) is -0.971. The SMILES string of the molecule is CC1(C)OB(c2ccc(NC(=O)NCC(O)CO)cc2)OC1(C)C. The average molecular weight is 336 g/mol. The number of aliphatic hydroxyl groups is 2. The maximum absolute atomic E-state index is 11.7. The molecule has 1 fully saturated rings. The maximum Gasteiger partial charge on any atom is 0.494 e. The lowest BCUT2D eigenvalue weighted by Crippen LogP contribution is -2.41. The Morgan fingerprint density at radius 3 is 2.21 bits per heavy atom. The largest absolute Gasteiger partial charge is 0.494 e. The molecule has 24 heavy (non-hydrogen) atoms. The van der Waals surface area contributed by atoms with Crippen LogP contribution in [0.5, 0.6) is 0 Å². The second-order valence-corrected chi connectivity index (χ2v) is 6.88. The third-order valence-electron chi connectivity index (χ3n) is 4.40. The number of hydrogen-bond acceptors (Lipinski definition) is 5. The molecule has 1 aromatic rings. The van der Waals surface area contributed by atoms with Gasteiger partial charge in [-0.05, 0) is 45.3 Å². The van der Waals surface area contributed by atoms with Crippen molar-refractivity contribution in [3.63, 3.8) is 0 Å². The van der Waals surface area contributed by atoms with Gasteiger partial charge in [-0.25, -0.2) is 4.79 Å². The third-order valence-corrected chi connectivity index (χ3v) is 4.40. The van der Waals surface area contributed by atoms with Crippen molar-refractivity contribution < 1.29 is 24.3 Å². The van der Waals surface area contributed by atoms with Crippen LogP contribution >= 0.6 is 0 Å². The highest BCUT2D eigenvalue weighted by Gasteiger charge is 2.51. The quantitative estimate of drug-likeness (QED) is 0.586. The first-order valence-corrected chi connectivity index (χ1v) is 7.94. The Bertz CT molecular complexity index is 560. The number of anilines is 1. The zero-order valence-corrected chi connectivity index (χ0v) is 14.5. The van der Waals surface area contributed by atoms with Crippen LogP contribution in [0.25, 0.3) is 0 Å². The number of aliphatic hydroxyl groups excluding tert-OH is 2. The molecule has 0 aliphatic carbocycles. The molecular weight excluding hydrogens is 311 g/mol. The van der Waals surface area contributed by atoms with E-state index in [-0.39, 0.29) is 6.54 Å². The van der Waals surface area contributed by atoms with E-state index in [0.29, 0.717) is 5.69 Å². The van der Waals surface area contributed by atoms with Gasteiger partial charge in [0.1, 0.15) is 0 Å². The Morgan fingerprint density at radius 2 is 1.71 bits per heavy atom. The van der Waals surface area contributed by atoms with Crippen LogP contribution in [0.1, 0.15) is 27.7 Å². The molecule has 1 aliphatic heterocycles. The Morgan fingerprint density at radius 1 is 1.17 bits per heavy atom. The smallest absolute Gasteiger partial charge is 0.399 e. The molecule has 1 unspecified atom stereocenters. The van der Waals surface area contributed by atoms with Crippen LogP contribution in [-0.4, -0.2) is 53.8 Å². The molecule has 1 atom stereocenters. The van der Waals surface area contributed by atoms with Gasteiger partial charge in [0.15, 0.2) is 0 Å². The van der Waals surface area contributed by atoms with Crippen LogP contribution < -0.4 is 16.1 Å². The highest BCUT2D eigenvalue weighted by atomic mass is 16.7. The highest BCUT2D eigenvalue weighted by Crippen LogP contribution is 2.36. The molecular formula is C16H25BN2O5. The summed E-state index contributed by atoms with van der Waals surface area (Å²) in [5.74, 6) is 0. The van der Waals surface area contributed by atoms with Gasteiger partial charge in [0.25, 0.3) is 0 Å². The summed E-state index contributed by atoms with van der Waals surface area (Å²) in [6.45, 7) is 7.56. The first-order chi connectivity index (χ1) is 11.1. The van der Waals surface area contributed by atoms with Crippen molar-refractivity contribution in [3.05, 3.63) is 24.3 Å². The Hall–Kier alpha value is -1.61. The van der Waals surface area contributed by atoms with Crippen LogP contribution in [0, 0.1) is 0 Å². The van der Waals surface area contributed by atoms with Crippen molar-refractivity contribution >= 4 is 24.3 Å². The maximum atomic E-state index is 11.7. The predicted octanol–water partition coefficient (Wildman–Crippen LogP) is 0.460. The molecule has 2 rings (SSSR count). The summed E-state index contributed by atoms with van der Waals surface area (Å²) in [5, 5.41) is 23.0. The minimum Gasteiger partial charge on any atom is -0.399 e. The van der Waals surface area contributed by atoms with Crippen molar-refractivity contribution in [2.75, 3.05) is 18.5 Å². The van der Waals surface area contributed by atoms with E-state index in [1.165, 1.54) is 0 Å². The van der Waals surface area contributed by atoms with Crippen LogP contribution in [-0.2, 0) is 9.31 Å². The number of carbonyl (C=O) groups is 1. The van der Waals surface area contributed by atoms with Gasteiger partial charge >= 0.3 is 13.1 Å². The minimum absolute atomic E-state index is 0.0195. The van der Waals surface area contributed by atoms with Gasteiger partial charge in [-0.15, -0.1) is 0 Å². The number of urea groups is 1. The molecule has 0 saturated carbocycles. The van der Waals surface area contributed by atoms with Crippen molar-refractivity contribution in [3.8, 4) is 0 Å². The molecule has 0 bridgehead atoms. The van der Waals surface area contributed by atoms with E-state index in [1.54, 1.807) is 12.1 Å². The lowest BCUT2D eigenvalue weighted by molar-refractivity contribution is 0.00578.